The molecule has 0 aliphatic carbocycles. The highest BCUT2D eigenvalue weighted by Gasteiger charge is 2.48. The number of ether oxygens (including phenoxy) is 1. The van der Waals surface area contributed by atoms with Crippen molar-refractivity contribution in [3.63, 3.8) is 0 Å². The summed E-state index contributed by atoms with van der Waals surface area (Å²) in [6, 6.07) is 32.9. The molecule has 1 aliphatic rings. The maximum absolute atomic E-state index is 12.7. The number of likely N-dealkylation sites (tertiary alicyclic amines) is 1. The van der Waals surface area contributed by atoms with Gasteiger partial charge in [-0.3, -0.25) is 0 Å². The molecule has 0 radical (unpaired) electrons. The normalized spacial score (nSPS) is 16.7. The van der Waals surface area contributed by atoms with Gasteiger partial charge in [0, 0.05) is 19.0 Å². The van der Waals surface area contributed by atoms with Crippen LogP contribution in [0.3, 0.4) is 0 Å². The zero-order chi connectivity index (χ0) is 22.6. The van der Waals surface area contributed by atoms with Crippen LogP contribution in [0.25, 0.3) is 0 Å². The molecule has 0 saturated carbocycles. The summed E-state index contributed by atoms with van der Waals surface area (Å²) in [5.74, 6) is 0.427. The summed E-state index contributed by atoms with van der Waals surface area (Å²) in [4.78, 5) is 14.6. The third-order valence-electron chi connectivity index (χ3n) is 6.06. The van der Waals surface area contributed by atoms with Gasteiger partial charge in [-0.2, -0.15) is 0 Å². The second kappa shape index (κ2) is 9.46. The molecule has 1 unspecified atom stereocenters. The first-order valence-electron chi connectivity index (χ1n) is 11.4. The second-order valence-electron chi connectivity index (χ2n) is 9.58. The van der Waals surface area contributed by atoms with Gasteiger partial charge in [-0.05, 0) is 63.6 Å². The number of hydrogen-bond donors (Lipinski definition) is 0. The van der Waals surface area contributed by atoms with Gasteiger partial charge in [0.05, 0.1) is 6.16 Å². The molecule has 32 heavy (non-hydrogen) atoms. The number of carbonyl (C=O) groups excluding carboxylic acids is 1. The molecule has 3 nitrogen and oxygen atoms in total. The molecule has 3 aromatic rings. The number of carbonyl (C=O) groups is 1. The minimum absolute atomic E-state index is 0.192. The van der Waals surface area contributed by atoms with Crippen molar-refractivity contribution in [2.24, 2.45) is 5.92 Å². The Morgan fingerprint density at radius 1 is 0.844 bits per heavy atom. The molecule has 4 rings (SSSR count). The van der Waals surface area contributed by atoms with Crippen LogP contribution >= 0.6 is 7.26 Å². The van der Waals surface area contributed by atoms with E-state index in [1.54, 1.807) is 0 Å². The average Bonchev–Trinajstić information content (AvgIpc) is 3.27. The van der Waals surface area contributed by atoms with Crippen LogP contribution in [0, 0.1) is 5.92 Å². The second-order valence-corrected chi connectivity index (χ2v) is 13.1. The van der Waals surface area contributed by atoms with Gasteiger partial charge < -0.3 is 9.64 Å². The molecule has 1 fully saturated rings. The van der Waals surface area contributed by atoms with Gasteiger partial charge in [-0.1, -0.05) is 54.6 Å². The van der Waals surface area contributed by atoms with Crippen molar-refractivity contribution in [1.82, 2.24) is 4.90 Å². The number of amides is 1. The molecular formula is C28H33NO2P+. The molecule has 3 aromatic carbocycles. The third kappa shape index (κ3) is 4.89. The monoisotopic (exact) mass is 446 g/mol. The number of rotatable bonds is 5. The van der Waals surface area contributed by atoms with Gasteiger partial charge in [-0.15, -0.1) is 0 Å². The fraction of sp³-hybridized carbons (Fsp3) is 0.321. The van der Waals surface area contributed by atoms with Crippen molar-refractivity contribution in [2.45, 2.75) is 32.8 Å². The lowest BCUT2D eigenvalue weighted by Gasteiger charge is -2.30. The van der Waals surface area contributed by atoms with Crippen molar-refractivity contribution in [2.75, 3.05) is 19.3 Å². The van der Waals surface area contributed by atoms with E-state index in [0.717, 1.165) is 25.7 Å². The van der Waals surface area contributed by atoms with Crippen molar-refractivity contribution in [1.29, 1.82) is 0 Å². The predicted octanol–water partition coefficient (Wildman–Crippen LogP) is 5.24. The minimum Gasteiger partial charge on any atom is -0.444 e. The maximum Gasteiger partial charge on any atom is 0.410 e. The van der Waals surface area contributed by atoms with Crippen LogP contribution in [-0.2, 0) is 4.74 Å². The Balaban J connectivity index is 1.72. The van der Waals surface area contributed by atoms with Crippen molar-refractivity contribution < 1.29 is 9.53 Å². The highest BCUT2D eigenvalue weighted by Crippen LogP contribution is 2.57. The maximum atomic E-state index is 12.7. The van der Waals surface area contributed by atoms with Crippen LogP contribution in [0.4, 0.5) is 4.79 Å². The van der Waals surface area contributed by atoms with Crippen LogP contribution in [0.1, 0.15) is 27.2 Å². The van der Waals surface area contributed by atoms with Crippen LogP contribution in [0.5, 0.6) is 0 Å². The zero-order valence-corrected chi connectivity index (χ0v) is 20.2. The van der Waals surface area contributed by atoms with Gasteiger partial charge in [0.15, 0.2) is 0 Å². The SMILES string of the molecule is CC(C)(C)OC(=O)N1CCC(C[P+](c2ccccc2)(c2ccccc2)c2ccccc2)C1. The molecule has 1 amide bonds. The molecule has 166 valence electrons. The molecule has 1 heterocycles. The fourth-order valence-electron chi connectivity index (χ4n) is 4.67. The Labute approximate surface area is 192 Å². The van der Waals surface area contributed by atoms with Crippen LogP contribution in [0.2, 0.25) is 0 Å². The Kier molecular flexibility index (Phi) is 6.67. The van der Waals surface area contributed by atoms with Gasteiger partial charge in [0.1, 0.15) is 28.8 Å². The summed E-state index contributed by atoms with van der Waals surface area (Å²) < 4.78 is 5.65. The highest BCUT2D eigenvalue weighted by molar-refractivity contribution is 7.95. The first-order valence-corrected chi connectivity index (χ1v) is 13.4. The fourth-order valence-corrected chi connectivity index (χ4v) is 9.31. The van der Waals surface area contributed by atoms with Crippen LogP contribution < -0.4 is 15.9 Å². The average molecular weight is 447 g/mol. The smallest absolute Gasteiger partial charge is 0.410 e. The van der Waals surface area contributed by atoms with Crippen molar-refractivity contribution in [3.05, 3.63) is 91.0 Å². The van der Waals surface area contributed by atoms with Gasteiger partial charge >= 0.3 is 6.09 Å². The topological polar surface area (TPSA) is 29.5 Å². The van der Waals surface area contributed by atoms with Gasteiger partial charge in [0.2, 0.25) is 0 Å². The van der Waals surface area contributed by atoms with E-state index in [2.05, 4.69) is 91.0 Å². The summed E-state index contributed by atoms with van der Waals surface area (Å²) in [7, 11) is -1.88. The lowest BCUT2D eigenvalue weighted by Crippen LogP contribution is -2.38. The van der Waals surface area contributed by atoms with E-state index in [0.29, 0.717) is 5.92 Å². The molecule has 0 N–H and O–H groups in total. The largest absolute Gasteiger partial charge is 0.444 e. The third-order valence-corrected chi connectivity index (χ3v) is 10.7. The molecule has 0 aromatic heterocycles. The molecule has 1 atom stereocenters. The first kappa shape index (κ1) is 22.6. The van der Waals surface area contributed by atoms with Gasteiger partial charge in [0.25, 0.3) is 0 Å². The zero-order valence-electron chi connectivity index (χ0n) is 19.3. The molecule has 1 aliphatic heterocycles. The summed E-state index contributed by atoms with van der Waals surface area (Å²) in [5.41, 5.74) is -0.468. The number of nitrogens with zero attached hydrogens (tertiary/aromatic N) is 1. The number of hydrogen-bond acceptors (Lipinski definition) is 2. The lowest BCUT2D eigenvalue weighted by molar-refractivity contribution is 0.0289. The quantitative estimate of drug-likeness (QED) is 0.502. The van der Waals surface area contributed by atoms with E-state index in [1.165, 1.54) is 15.9 Å². The molecule has 0 spiro atoms. The standard InChI is InChI=1S/C28H33NO2P/c1-28(2,3)31-27(30)29-20-19-23(21-29)22-32(24-13-7-4-8-14-24,25-15-9-5-10-16-25)26-17-11-6-12-18-26/h4-18,23H,19-22H2,1-3H3/q+1. The van der Waals surface area contributed by atoms with Crippen molar-refractivity contribution >= 4 is 29.3 Å². The first-order chi connectivity index (χ1) is 15.4. The van der Waals surface area contributed by atoms with E-state index in [-0.39, 0.29) is 6.09 Å². The van der Waals surface area contributed by atoms with E-state index in [9.17, 15) is 4.79 Å². The van der Waals surface area contributed by atoms with E-state index in [4.69, 9.17) is 4.74 Å². The summed E-state index contributed by atoms with van der Waals surface area (Å²) >= 11 is 0. The van der Waals surface area contributed by atoms with Gasteiger partial charge in [-0.25, -0.2) is 4.79 Å². The molecular weight excluding hydrogens is 413 g/mol. The predicted molar refractivity (Wildman–Crippen MR) is 136 cm³/mol. The summed E-state index contributed by atoms with van der Waals surface area (Å²) in [6.07, 6.45) is 1.86. The minimum atomic E-state index is -1.88. The molecule has 4 heteroatoms. The van der Waals surface area contributed by atoms with Crippen molar-refractivity contribution in [3.8, 4) is 0 Å². The van der Waals surface area contributed by atoms with E-state index in [1.807, 2.05) is 25.7 Å². The summed E-state index contributed by atoms with van der Waals surface area (Å²) in [6.45, 7) is 7.29. The van der Waals surface area contributed by atoms with Crippen LogP contribution in [-0.4, -0.2) is 35.8 Å². The van der Waals surface area contributed by atoms with Crippen LogP contribution in [0.15, 0.2) is 91.0 Å². The highest BCUT2D eigenvalue weighted by atomic mass is 31.2. The Morgan fingerprint density at radius 2 is 1.28 bits per heavy atom. The Hall–Kier alpha value is -2.64. The van der Waals surface area contributed by atoms with E-state index < -0.39 is 12.9 Å². The Morgan fingerprint density at radius 3 is 1.69 bits per heavy atom. The molecule has 1 saturated heterocycles. The molecule has 0 bridgehead atoms. The summed E-state index contributed by atoms with van der Waals surface area (Å²) in [5, 5.41) is 4.19. The van der Waals surface area contributed by atoms with E-state index >= 15 is 0 Å². The Bertz CT molecular complexity index is 919. The lowest BCUT2D eigenvalue weighted by atomic mass is 10.2. The number of benzene rings is 3.